The Kier molecular flexibility index (Phi) is 7.16. The molecule has 12 rings (SSSR count). The van der Waals surface area contributed by atoms with Crippen LogP contribution in [0, 0.1) is 0 Å². The Balaban J connectivity index is 1.15. The lowest BCUT2D eigenvalue weighted by atomic mass is 9.55. The molecule has 0 radical (unpaired) electrons. The van der Waals surface area contributed by atoms with E-state index in [2.05, 4.69) is 178 Å². The van der Waals surface area contributed by atoms with Crippen molar-refractivity contribution in [1.29, 1.82) is 0 Å². The molecular formula is C55H37N3O. The third-order valence-corrected chi connectivity index (χ3v) is 12.8. The number of fused-ring (bicyclic) bond motifs is 13. The molecule has 0 saturated heterocycles. The van der Waals surface area contributed by atoms with Gasteiger partial charge in [0.05, 0.1) is 5.41 Å². The van der Waals surface area contributed by atoms with Crippen LogP contribution in [0.5, 0.6) is 0 Å². The van der Waals surface area contributed by atoms with Crippen molar-refractivity contribution >= 4 is 21.9 Å². The van der Waals surface area contributed by atoms with Gasteiger partial charge in [-0.2, -0.15) is 0 Å². The van der Waals surface area contributed by atoms with Crippen LogP contribution in [0.2, 0.25) is 0 Å². The smallest absolute Gasteiger partial charge is 0.164 e. The molecule has 2 aliphatic carbocycles. The molecule has 0 saturated carbocycles. The van der Waals surface area contributed by atoms with Crippen molar-refractivity contribution in [3.8, 4) is 56.4 Å². The maximum Gasteiger partial charge on any atom is 0.164 e. The van der Waals surface area contributed by atoms with Crippen LogP contribution in [-0.4, -0.2) is 15.0 Å². The fourth-order valence-corrected chi connectivity index (χ4v) is 10.3. The Labute approximate surface area is 342 Å². The molecule has 0 amide bonds. The number of nitrogens with zero attached hydrogens (tertiary/aromatic N) is 3. The zero-order valence-corrected chi connectivity index (χ0v) is 32.6. The average Bonchev–Trinajstić information content (AvgIpc) is 3.83. The SMILES string of the molecule is CC1(C)c2ccccc2C2(c3ccccc3-c3ccccc32)c2ccc3oc4cccc(-c5nc(-c6ccccc6)nc(-c6ccc(-c7ccccc7)cc6)n5)c4c3c21. The zero-order valence-electron chi connectivity index (χ0n) is 32.6. The second kappa shape index (κ2) is 12.5. The Bertz CT molecular complexity index is 3240. The molecule has 2 aliphatic rings. The van der Waals surface area contributed by atoms with E-state index < -0.39 is 5.41 Å². The van der Waals surface area contributed by atoms with E-state index >= 15 is 0 Å². The van der Waals surface area contributed by atoms with Crippen molar-refractivity contribution in [3.05, 3.63) is 221 Å². The molecule has 1 spiro atoms. The number of hydrogen-bond donors (Lipinski definition) is 0. The minimum Gasteiger partial charge on any atom is -0.456 e. The summed E-state index contributed by atoms with van der Waals surface area (Å²) >= 11 is 0. The predicted molar refractivity (Wildman–Crippen MR) is 238 cm³/mol. The van der Waals surface area contributed by atoms with E-state index in [1.165, 1.54) is 50.1 Å². The van der Waals surface area contributed by atoms with Crippen LogP contribution < -0.4 is 0 Å². The van der Waals surface area contributed by atoms with Gasteiger partial charge in [0.25, 0.3) is 0 Å². The largest absolute Gasteiger partial charge is 0.456 e. The molecule has 0 fully saturated rings. The van der Waals surface area contributed by atoms with Crippen LogP contribution in [-0.2, 0) is 10.8 Å². The second-order valence-electron chi connectivity index (χ2n) is 16.3. The molecule has 10 aromatic rings. The summed E-state index contributed by atoms with van der Waals surface area (Å²) in [5.41, 5.74) is 16.2. The molecule has 0 aliphatic heterocycles. The minimum atomic E-state index is -0.520. The number of furan rings is 1. The normalized spacial score (nSPS) is 14.2. The summed E-state index contributed by atoms with van der Waals surface area (Å²) in [5, 5.41) is 2.11. The van der Waals surface area contributed by atoms with Crippen molar-refractivity contribution in [2.75, 3.05) is 0 Å². The van der Waals surface area contributed by atoms with Crippen molar-refractivity contribution in [3.63, 3.8) is 0 Å². The molecule has 59 heavy (non-hydrogen) atoms. The van der Waals surface area contributed by atoms with Gasteiger partial charge in [0, 0.05) is 32.9 Å². The maximum atomic E-state index is 6.87. The molecule has 4 nitrogen and oxygen atoms in total. The number of benzene rings is 8. The summed E-state index contributed by atoms with van der Waals surface area (Å²) in [5.74, 6) is 1.84. The third-order valence-electron chi connectivity index (χ3n) is 12.8. The molecule has 4 heteroatoms. The first-order valence-corrected chi connectivity index (χ1v) is 20.3. The van der Waals surface area contributed by atoms with Crippen molar-refractivity contribution < 1.29 is 4.42 Å². The van der Waals surface area contributed by atoms with Crippen LogP contribution >= 0.6 is 0 Å². The molecule has 2 aromatic heterocycles. The van der Waals surface area contributed by atoms with E-state index in [9.17, 15) is 0 Å². The van der Waals surface area contributed by atoms with Gasteiger partial charge in [0.1, 0.15) is 11.2 Å². The van der Waals surface area contributed by atoms with E-state index in [1.807, 2.05) is 24.3 Å². The van der Waals surface area contributed by atoms with Crippen LogP contribution in [0.15, 0.2) is 192 Å². The maximum absolute atomic E-state index is 6.87. The van der Waals surface area contributed by atoms with E-state index in [0.717, 1.165) is 44.2 Å². The highest BCUT2D eigenvalue weighted by molar-refractivity contribution is 6.14. The van der Waals surface area contributed by atoms with Crippen molar-refractivity contribution in [2.45, 2.75) is 24.7 Å². The van der Waals surface area contributed by atoms with Gasteiger partial charge < -0.3 is 4.42 Å². The lowest BCUT2D eigenvalue weighted by Gasteiger charge is -2.47. The van der Waals surface area contributed by atoms with Gasteiger partial charge >= 0.3 is 0 Å². The van der Waals surface area contributed by atoms with Gasteiger partial charge in [-0.3, -0.25) is 0 Å². The first-order valence-electron chi connectivity index (χ1n) is 20.3. The third kappa shape index (κ3) is 4.74. The Morgan fingerprint density at radius 1 is 0.339 bits per heavy atom. The van der Waals surface area contributed by atoms with Crippen LogP contribution in [0.1, 0.15) is 47.2 Å². The van der Waals surface area contributed by atoms with Gasteiger partial charge in [-0.25, -0.2) is 15.0 Å². The molecule has 8 aromatic carbocycles. The monoisotopic (exact) mass is 755 g/mol. The summed E-state index contributed by atoms with van der Waals surface area (Å²) in [7, 11) is 0. The molecule has 0 bridgehead atoms. The Morgan fingerprint density at radius 2 is 0.814 bits per heavy atom. The lowest BCUT2D eigenvalue weighted by Crippen LogP contribution is -2.40. The summed E-state index contributed by atoms with van der Waals surface area (Å²) < 4.78 is 6.87. The second-order valence-corrected chi connectivity index (χ2v) is 16.3. The fraction of sp³-hybridized carbons (Fsp3) is 0.0727. The van der Waals surface area contributed by atoms with E-state index in [1.54, 1.807) is 0 Å². The summed E-state index contributed by atoms with van der Waals surface area (Å²) in [6, 6.07) is 66.9. The topological polar surface area (TPSA) is 51.8 Å². The minimum absolute atomic E-state index is 0.382. The van der Waals surface area contributed by atoms with Gasteiger partial charge in [-0.15, -0.1) is 0 Å². The van der Waals surface area contributed by atoms with Gasteiger partial charge in [-0.1, -0.05) is 190 Å². The van der Waals surface area contributed by atoms with Crippen LogP contribution in [0.4, 0.5) is 0 Å². The number of hydrogen-bond acceptors (Lipinski definition) is 4. The van der Waals surface area contributed by atoms with Crippen molar-refractivity contribution in [2.24, 2.45) is 0 Å². The predicted octanol–water partition coefficient (Wildman–Crippen LogP) is 13.4. The first kappa shape index (κ1) is 33.7. The Hall–Kier alpha value is -7.43. The van der Waals surface area contributed by atoms with E-state index in [-0.39, 0.29) is 5.41 Å². The highest BCUT2D eigenvalue weighted by Gasteiger charge is 2.54. The number of rotatable bonds is 4. The standard InChI is InChI=1S/C55H37N3O/c1-54(2)43-25-13-14-26-44(43)55(41-23-11-9-20-38(41)39-21-10-12-24-42(39)55)45-32-33-47-49(50(45)54)48-40(22-15-27-46(48)59-47)53-57-51(36-18-7-4-8-19-36)56-52(58-53)37-30-28-35(29-31-37)34-16-5-3-6-17-34/h3-33H,1-2H3. The van der Waals surface area contributed by atoms with Gasteiger partial charge in [0.15, 0.2) is 17.5 Å². The highest BCUT2D eigenvalue weighted by atomic mass is 16.3. The lowest BCUT2D eigenvalue weighted by molar-refractivity contribution is 0.567. The van der Waals surface area contributed by atoms with Crippen LogP contribution in [0.25, 0.3) is 78.4 Å². The fourth-order valence-electron chi connectivity index (χ4n) is 10.3. The summed E-state index contributed by atoms with van der Waals surface area (Å²) in [6.45, 7) is 4.75. The highest BCUT2D eigenvalue weighted by Crippen LogP contribution is 2.63. The number of aromatic nitrogens is 3. The van der Waals surface area contributed by atoms with E-state index in [4.69, 9.17) is 19.4 Å². The molecule has 0 N–H and O–H groups in total. The van der Waals surface area contributed by atoms with Gasteiger partial charge in [-0.05, 0) is 67.8 Å². The quantitative estimate of drug-likeness (QED) is 0.179. The first-order chi connectivity index (χ1) is 29.0. The zero-order chi connectivity index (χ0) is 39.3. The van der Waals surface area contributed by atoms with Crippen molar-refractivity contribution in [1.82, 2.24) is 15.0 Å². The molecular weight excluding hydrogens is 719 g/mol. The van der Waals surface area contributed by atoms with Crippen LogP contribution in [0.3, 0.4) is 0 Å². The summed E-state index contributed by atoms with van der Waals surface area (Å²) in [6.07, 6.45) is 0. The van der Waals surface area contributed by atoms with Gasteiger partial charge in [0.2, 0.25) is 0 Å². The molecule has 2 heterocycles. The molecule has 0 atom stereocenters. The van der Waals surface area contributed by atoms with E-state index in [0.29, 0.717) is 17.5 Å². The summed E-state index contributed by atoms with van der Waals surface area (Å²) in [4.78, 5) is 15.6. The molecule has 278 valence electrons. The molecule has 0 unspecified atom stereocenters. The average molecular weight is 756 g/mol. The Morgan fingerprint density at radius 3 is 1.47 bits per heavy atom.